The number of anilines is 2. The minimum absolute atomic E-state index is 0.162. The molecular formula is C31H26BrFN4O4. The average molecular weight is 617 g/mol. The Balaban J connectivity index is 1.20. The number of aromatic nitrogens is 2. The van der Waals surface area contributed by atoms with Crippen LogP contribution in [0.25, 0.3) is 22.4 Å². The molecule has 0 fully saturated rings. The number of esters is 1. The van der Waals surface area contributed by atoms with E-state index in [9.17, 15) is 14.0 Å². The van der Waals surface area contributed by atoms with E-state index in [2.05, 4.69) is 36.5 Å². The lowest BCUT2D eigenvalue weighted by Crippen LogP contribution is -2.12. The number of amides is 1. The van der Waals surface area contributed by atoms with Crippen molar-refractivity contribution in [2.45, 2.75) is 13.0 Å². The Hall–Kier alpha value is -4.70. The second-order valence-electron chi connectivity index (χ2n) is 9.24. The zero-order valence-electron chi connectivity index (χ0n) is 22.3. The van der Waals surface area contributed by atoms with Crippen LogP contribution in [0.5, 0.6) is 5.75 Å². The number of carbonyl (C=O) groups excluding carboxylic acids is 2. The lowest BCUT2D eigenvalue weighted by atomic mass is 10.1. The molecule has 0 atom stereocenters. The maximum atomic E-state index is 15.0. The van der Waals surface area contributed by atoms with Crippen molar-refractivity contribution in [3.8, 4) is 17.1 Å². The molecule has 5 rings (SSSR count). The highest BCUT2D eigenvalue weighted by Gasteiger charge is 2.12. The van der Waals surface area contributed by atoms with Gasteiger partial charge in [0.1, 0.15) is 17.4 Å². The fraction of sp³-hybridized carbons (Fsp3) is 0.129. The van der Waals surface area contributed by atoms with Crippen LogP contribution in [0.15, 0.2) is 83.3 Å². The first-order valence-corrected chi connectivity index (χ1v) is 13.5. The number of imidazole rings is 1. The molecule has 1 heterocycles. The summed E-state index contributed by atoms with van der Waals surface area (Å²) in [5, 5.41) is 5.98. The SMILES string of the molecule is COC(=O)Cc1ccc2nc(-c3ccc(NCc4ccc(NC(=O)c5ccc(OC)c(Br)c5)cc4)c(F)c3)[nH]c2c1. The third-order valence-corrected chi connectivity index (χ3v) is 7.09. The number of fused-ring (bicyclic) bond motifs is 1. The lowest BCUT2D eigenvalue weighted by Gasteiger charge is -2.10. The summed E-state index contributed by atoms with van der Waals surface area (Å²) in [4.78, 5) is 31.9. The highest BCUT2D eigenvalue weighted by molar-refractivity contribution is 9.10. The van der Waals surface area contributed by atoms with Gasteiger partial charge in [0.15, 0.2) is 0 Å². The van der Waals surface area contributed by atoms with Gasteiger partial charge in [-0.25, -0.2) is 9.37 Å². The van der Waals surface area contributed by atoms with E-state index in [1.54, 1.807) is 49.6 Å². The van der Waals surface area contributed by atoms with Crippen LogP contribution < -0.4 is 15.4 Å². The van der Waals surface area contributed by atoms with Crippen LogP contribution in [0.4, 0.5) is 15.8 Å². The highest BCUT2D eigenvalue weighted by atomic mass is 79.9. The molecular weight excluding hydrogens is 591 g/mol. The van der Waals surface area contributed by atoms with Gasteiger partial charge in [0.05, 0.1) is 41.8 Å². The van der Waals surface area contributed by atoms with Crippen LogP contribution in [0.2, 0.25) is 0 Å². The first kappa shape index (κ1) is 27.9. The molecule has 4 aromatic carbocycles. The summed E-state index contributed by atoms with van der Waals surface area (Å²) in [5.41, 5.74) is 5.27. The summed E-state index contributed by atoms with van der Waals surface area (Å²) in [7, 11) is 2.92. The number of benzene rings is 4. The number of carbonyl (C=O) groups is 2. The van der Waals surface area contributed by atoms with Gasteiger partial charge in [0.25, 0.3) is 5.91 Å². The van der Waals surface area contributed by atoms with Gasteiger partial charge < -0.3 is 25.1 Å². The van der Waals surface area contributed by atoms with E-state index in [0.29, 0.717) is 50.6 Å². The number of rotatable bonds is 9. The third kappa shape index (κ3) is 6.55. The lowest BCUT2D eigenvalue weighted by molar-refractivity contribution is -0.139. The van der Waals surface area contributed by atoms with E-state index in [-0.39, 0.29) is 18.3 Å². The maximum Gasteiger partial charge on any atom is 0.309 e. The summed E-state index contributed by atoms with van der Waals surface area (Å²) in [5.74, 6) is 0.193. The summed E-state index contributed by atoms with van der Waals surface area (Å²) < 4.78 is 25.6. The smallest absolute Gasteiger partial charge is 0.309 e. The van der Waals surface area contributed by atoms with Gasteiger partial charge in [-0.1, -0.05) is 18.2 Å². The van der Waals surface area contributed by atoms with Crippen molar-refractivity contribution < 1.29 is 23.5 Å². The number of nitrogens with zero attached hydrogens (tertiary/aromatic N) is 1. The quantitative estimate of drug-likeness (QED) is 0.159. The summed E-state index contributed by atoms with van der Waals surface area (Å²) in [6.45, 7) is 0.392. The van der Waals surface area contributed by atoms with Gasteiger partial charge in [-0.2, -0.15) is 0 Å². The topological polar surface area (TPSA) is 105 Å². The number of aromatic amines is 1. The molecule has 0 aliphatic heterocycles. The van der Waals surface area contributed by atoms with Crippen molar-refractivity contribution in [2.75, 3.05) is 24.9 Å². The van der Waals surface area contributed by atoms with Crippen LogP contribution in [-0.4, -0.2) is 36.1 Å². The van der Waals surface area contributed by atoms with Crippen LogP contribution in [0.1, 0.15) is 21.5 Å². The Morgan fingerprint density at radius 3 is 2.44 bits per heavy atom. The second kappa shape index (κ2) is 12.2. The fourth-order valence-electron chi connectivity index (χ4n) is 4.26. The van der Waals surface area contributed by atoms with E-state index in [4.69, 9.17) is 9.47 Å². The molecule has 1 amide bonds. The summed E-state index contributed by atoms with van der Waals surface area (Å²) >= 11 is 3.39. The Kier molecular flexibility index (Phi) is 8.30. The monoisotopic (exact) mass is 616 g/mol. The highest BCUT2D eigenvalue weighted by Crippen LogP contribution is 2.27. The molecule has 208 valence electrons. The van der Waals surface area contributed by atoms with Crippen molar-refractivity contribution in [1.29, 1.82) is 0 Å². The standard InChI is InChI=1S/C31H26BrFN4O4/c1-40-28-12-7-21(15-23(28)32)31(39)35-22-8-3-18(4-9-22)17-34-25-11-6-20(16-24(25)33)30-36-26-10-5-19(13-27(26)37-30)14-29(38)41-2/h3-13,15-16,34H,14,17H2,1-2H3,(H,35,39)(H,36,37). The summed E-state index contributed by atoms with van der Waals surface area (Å²) in [6, 6.07) is 22.8. The largest absolute Gasteiger partial charge is 0.496 e. The Morgan fingerprint density at radius 2 is 1.73 bits per heavy atom. The van der Waals surface area contributed by atoms with Gasteiger partial charge in [0, 0.05) is 23.4 Å². The van der Waals surface area contributed by atoms with Crippen LogP contribution in [0, 0.1) is 5.82 Å². The van der Waals surface area contributed by atoms with Gasteiger partial charge >= 0.3 is 5.97 Å². The number of nitrogens with one attached hydrogen (secondary N) is 3. The molecule has 0 unspecified atom stereocenters. The molecule has 0 saturated heterocycles. The predicted octanol–water partition coefficient (Wildman–Crippen LogP) is 6.72. The number of H-pyrrole nitrogens is 1. The number of hydrogen-bond donors (Lipinski definition) is 3. The molecule has 5 aromatic rings. The average Bonchev–Trinajstić information content (AvgIpc) is 3.40. The molecule has 1 aromatic heterocycles. The molecule has 0 radical (unpaired) electrons. The first-order chi connectivity index (χ1) is 19.8. The Bertz CT molecular complexity index is 1740. The number of hydrogen-bond acceptors (Lipinski definition) is 6. The molecule has 0 saturated carbocycles. The van der Waals surface area contributed by atoms with Gasteiger partial charge in [-0.3, -0.25) is 9.59 Å². The van der Waals surface area contributed by atoms with Crippen molar-refractivity contribution in [3.63, 3.8) is 0 Å². The number of methoxy groups -OCH3 is 2. The molecule has 0 bridgehead atoms. The Labute approximate surface area is 244 Å². The van der Waals surface area contributed by atoms with Gasteiger partial charge in [0.2, 0.25) is 0 Å². The zero-order valence-corrected chi connectivity index (χ0v) is 23.8. The number of ether oxygens (including phenoxy) is 2. The molecule has 10 heteroatoms. The van der Waals surface area contributed by atoms with Gasteiger partial charge in [-0.05, 0) is 87.7 Å². The molecule has 41 heavy (non-hydrogen) atoms. The van der Waals surface area contributed by atoms with E-state index in [1.165, 1.54) is 13.2 Å². The predicted molar refractivity (Wildman–Crippen MR) is 160 cm³/mol. The minimum atomic E-state index is -0.413. The van der Waals surface area contributed by atoms with E-state index in [0.717, 1.165) is 16.6 Å². The Morgan fingerprint density at radius 1 is 0.951 bits per heavy atom. The van der Waals surface area contributed by atoms with Crippen molar-refractivity contribution >= 4 is 50.2 Å². The number of halogens is 2. The molecule has 0 aliphatic rings. The molecule has 0 aliphatic carbocycles. The fourth-order valence-corrected chi connectivity index (χ4v) is 4.80. The third-order valence-electron chi connectivity index (χ3n) is 6.47. The maximum absolute atomic E-state index is 15.0. The van der Waals surface area contributed by atoms with Gasteiger partial charge in [-0.15, -0.1) is 0 Å². The molecule has 0 spiro atoms. The summed E-state index contributed by atoms with van der Waals surface area (Å²) in [6.07, 6.45) is 0.162. The van der Waals surface area contributed by atoms with Crippen molar-refractivity contribution in [1.82, 2.24) is 9.97 Å². The van der Waals surface area contributed by atoms with Crippen LogP contribution in [0.3, 0.4) is 0 Å². The van der Waals surface area contributed by atoms with Crippen LogP contribution >= 0.6 is 15.9 Å². The van der Waals surface area contributed by atoms with Crippen LogP contribution in [-0.2, 0) is 22.5 Å². The van der Waals surface area contributed by atoms with E-state index >= 15 is 0 Å². The normalized spacial score (nSPS) is 10.8. The first-order valence-electron chi connectivity index (χ1n) is 12.7. The van der Waals surface area contributed by atoms with E-state index < -0.39 is 5.82 Å². The second-order valence-corrected chi connectivity index (χ2v) is 10.1. The van der Waals surface area contributed by atoms with Crippen molar-refractivity contribution in [3.05, 3.63) is 106 Å². The molecule has 3 N–H and O–H groups in total. The van der Waals surface area contributed by atoms with E-state index in [1.807, 2.05) is 30.3 Å². The minimum Gasteiger partial charge on any atom is -0.496 e. The molecule has 8 nitrogen and oxygen atoms in total. The zero-order chi connectivity index (χ0) is 28.9. The van der Waals surface area contributed by atoms with Crippen molar-refractivity contribution in [2.24, 2.45) is 0 Å².